The molecule has 2 aromatic rings. The molecule has 3 rings (SSSR count). The van der Waals surface area contributed by atoms with Gasteiger partial charge in [0, 0.05) is 28.3 Å². The average molecular weight is 481 g/mol. The number of nitrogens with one attached hydrogen (secondary N) is 1. The predicted octanol–water partition coefficient (Wildman–Crippen LogP) is 4.01. The third-order valence-electron chi connectivity index (χ3n) is 4.66. The van der Waals surface area contributed by atoms with Crippen molar-refractivity contribution in [3.63, 3.8) is 0 Å². The van der Waals surface area contributed by atoms with Crippen molar-refractivity contribution >= 4 is 48.8 Å². The second-order valence-electron chi connectivity index (χ2n) is 6.31. The van der Waals surface area contributed by atoms with Crippen LogP contribution in [0.3, 0.4) is 0 Å². The second-order valence-corrected chi connectivity index (χ2v) is 9.02. The van der Waals surface area contributed by atoms with E-state index in [4.69, 9.17) is 9.47 Å². The Morgan fingerprint density at radius 3 is 2.24 bits per heavy atom. The summed E-state index contributed by atoms with van der Waals surface area (Å²) in [6.07, 6.45) is 0. The molecule has 1 heterocycles. The Morgan fingerprint density at radius 2 is 1.69 bits per heavy atom. The van der Waals surface area contributed by atoms with Crippen LogP contribution in [0.15, 0.2) is 45.8 Å². The first kappa shape index (κ1) is 21.2. The summed E-state index contributed by atoms with van der Waals surface area (Å²) in [7, 11) is -1.07. The zero-order valence-electron chi connectivity index (χ0n) is 16.4. The van der Waals surface area contributed by atoms with Crippen LogP contribution in [0.2, 0.25) is 0 Å². The first-order valence-corrected chi connectivity index (χ1v) is 11.0. The maximum atomic E-state index is 13.3. The molecule has 9 heteroatoms. The van der Waals surface area contributed by atoms with E-state index in [0.29, 0.717) is 34.0 Å². The lowest BCUT2D eigenvalue weighted by atomic mass is 10.0. The highest BCUT2D eigenvalue weighted by Gasteiger charge is 2.39. The molecule has 0 bridgehead atoms. The number of ether oxygens (including phenoxy) is 2. The molecule has 0 aliphatic carbocycles. The lowest BCUT2D eigenvalue weighted by molar-refractivity contribution is -0.112. The molecule has 1 aliphatic rings. The molecule has 0 aromatic heterocycles. The van der Waals surface area contributed by atoms with E-state index in [1.807, 2.05) is 0 Å². The van der Waals surface area contributed by atoms with Crippen molar-refractivity contribution in [1.82, 2.24) is 0 Å². The van der Waals surface area contributed by atoms with E-state index in [2.05, 4.69) is 21.2 Å². The molecule has 1 aliphatic heterocycles. The number of hydrogen-bond acceptors (Lipinski definition) is 5. The van der Waals surface area contributed by atoms with Crippen LogP contribution in [-0.2, 0) is 14.8 Å². The molecule has 1 N–H and O–H groups in total. The highest BCUT2D eigenvalue weighted by molar-refractivity contribution is 9.10. The van der Waals surface area contributed by atoms with Crippen molar-refractivity contribution in [1.29, 1.82) is 0 Å². The normalized spacial score (nSPS) is 15.0. The molecule has 0 atom stereocenters. The van der Waals surface area contributed by atoms with Crippen molar-refractivity contribution in [2.75, 3.05) is 30.4 Å². The number of rotatable bonds is 5. The minimum absolute atomic E-state index is 0.160. The van der Waals surface area contributed by atoms with E-state index in [0.717, 1.165) is 4.47 Å². The number of halogens is 1. The number of sulfonamides is 1. The molecule has 0 saturated carbocycles. The molecule has 0 saturated heterocycles. The Balaban J connectivity index is 2.17. The van der Waals surface area contributed by atoms with Crippen LogP contribution in [0, 0.1) is 0 Å². The van der Waals surface area contributed by atoms with Gasteiger partial charge in [0.05, 0.1) is 19.9 Å². The quantitative estimate of drug-likeness (QED) is 0.698. The maximum absolute atomic E-state index is 13.3. The van der Waals surface area contributed by atoms with Gasteiger partial charge in [-0.05, 0) is 49.8 Å². The lowest BCUT2D eigenvalue weighted by Crippen LogP contribution is -2.39. The first-order valence-electron chi connectivity index (χ1n) is 8.81. The summed E-state index contributed by atoms with van der Waals surface area (Å²) in [5.74, 6) is 0.174. The van der Waals surface area contributed by atoms with E-state index in [1.165, 1.54) is 18.5 Å². The average Bonchev–Trinajstić information content (AvgIpc) is 2.68. The monoisotopic (exact) mass is 480 g/mol. The standard InChI is InChI=1S/C20H21BrN2O5S/c1-5-23-16-11-18(28-4)17(27-3)10-15(16)12(2)19(29(23,25)26)20(24)22-14-8-6-13(21)7-9-14/h6-11H,5H2,1-4H3,(H,22,24). The Hall–Kier alpha value is -2.52. The SMILES string of the molecule is CCN1c2cc(OC)c(OC)cc2C(C)=C(C(=O)Nc2ccc(Br)cc2)S1(=O)=O. The highest BCUT2D eigenvalue weighted by atomic mass is 79.9. The van der Waals surface area contributed by atoms with Gasteiger partial charge in [0.2, 0.25) is 0 Å². The summed E-state index contributed by atoms with van der Waals surface area (Å²) in [4.78, 5) is 12.7. The summed E-state index contributed by atoms with van der Waals surface area (Å²) in [5, 5.41) is 2.67. The van der Waals surface area contributed by atoms with E-state index in [-0.39, 0.29) is 11.4 Å². The molecular formula is C20H21BrN2O5S. The number of fused-ring (bicyclic) bond motifs is 1. The predicted molar refractivity (Wildman–Crippen MR) is 117 cm³/mol. The van der Waals surface area contributed by atoms with Crippen molar-refractivity contribution in [2.24, 2.45) is 0 Å². The molecule has 154 valence electrons. The third kappa shape index (κ3) is 3.72. The first-order chi connectivity index (χ1) is 13.7. The van der Waals surface area contributed by atoms with Gasteiger partial charge in [0.25, 0.3) is 15.9 Å². The fraction of sp³-hybridized carbons (Fsp3) is 0.250. The van der Waals surface area contributed by atoms with Gasteiger partial charge < -0.3 is 14.8 Å². The molecular weight excluding hydrogens is 460 g/mol. The molecule has 0 radical (unpaired) electrons. The van der Waals surface area contributed by atoms with Crippen molar-refractivity contribution in [3.05, 3.63) is 51.3 Å². The van der Waals surface area contributed by atoms with Gasteiger partial charge in [-0.1, -0.05) is 15.9 Å². The number of nitrogens with zero attached hydrogens (tertiary/aromatic N) is 1. The molecule has 0 fully saturated rings. The van der Waals surface area contributed by atoms with Gasteiger partial charge >= 0.3 is 0 Å². The van der Waals surface area contributed by atoms with Gasteiger partial charge in [-0.25, -0.2) is 8.42 Å². The summed E-state index contributed by atoms with van der Waals surface area (Å²) >= 11 is 3.33. The summed E-state index contributed by atoms with van der Waals surface area (Å²) in [6, 6.07) is 10.2. The number of carbonyl (C=O) groups excluding carboxylic acids is 1. The van der Waals surface area contributed by atoms with Gasteiger partial charge in [0.15, 0.2) is 16.4 Å². The Bertz CT molecular complexity index is 1090. The second kappa shape index (κ2) is 8.08. The van der Waals surface area contributed by atoms with Crippen molar-refractivity contribution in [3.8, 4) is 11.5 Å². The fourth-order valence-corrected chi connectivity index (χ4v) is 5.30. The Labute approximate surface area is 178 Å². The Kier molecular flexibility index (Phi) is 5.90. The molecule has 0 spiro atoms. The molecule has 0 unspecified atom stereocenters. The fourth-order valence-electron chi connectivity index (χ4n) is 3.28. The van der Waals surface area contributed by atoms with Crippen LogP contribution < -0.4 is 19.1 Å². The number of allylic oxidation sites excluding steroid dienone is 1. The van der Waals surface area contributed by atoms with Gasteiger partial charge in [-0.3, -0.25) is 9.10 Å². The van der Waals surface area contributed by atoms with E-state index >= 15 is 0 Å². The topological polar surface area (TPSA) is 84.9 Å². The zero-order valence-corrected chi connectivity index (χ0v) is 18.8. The van der Waals surface area contributed by atoms with E-state index in [9.17, 15) is 13.2 Å². The largest absolute Gasteiger partial charge is 0.493 e. The van der Waals surface area contributed by atoms with Crippen LogP contribution in [0.4, 0.5) is 11.4 Å². The van der Waals surface area contributed by atoms with Gasteiger partial charge in [0.1, 0.15) is 0 Å². The summed E-state index contributed by atoms with van der Waals surface area (Å²) < 4.78 is 39.3. The number of hydrogen-bond donors (Lipinski definition) is 1. The number of benzene rings is 2. The summed E-state index contributed by atoms with van der Waals surface area (Å²) in [5.41, 5.74) is 1.89. The molecule has 1 amide bonds. The minimum Gasteiger partial charge on any atom is -0.493 e. The van der Waals surface area contributed by atoms with Gasteiger partial charge in [-0.15, -0.1) is 0 Å². The van der Waals surface area contributed by atoms with E-state index in [1.54, 1.807) is 50.2 Å². The highest BCUT2D eigenvalue weighted by Crippen LogP contribution is 2.44. The van der Waals surface area contributed by atoms with E-state index < -0.39 is 15.9 Å². The van der Waals surface area contributed by atoms with Crippen LogP contribution in [0.5, 0.6) is 11.5 Å². The van der Waals surface area contributed by atoms with Gasteiger partial charge in [-0.2, -0.15) is 0 Å². The van der Waals surface area contributed by atoms with Crippen molar-refractivity contribution in [2.45, 2.75) is 13.8 Å². The maximum Gasteiger partial charge on any atom is 0.270 e. The summed E-state index contributed by atoms with van der Waals surface area (Å²) in [6.45, 7) is 3.49. The number of carbonyl (C=O) groups is 1. The Morgan fingerprint density at radius 1 is 1.10 bits per heavy atom. The lowest BCUT2D eigenvalue weighted by Gasteiger charge is -2.32. The number of amides is 1. The number of methoxy groups -OCH3 is 2. The van der Waals surface area contributed by atoms with Crippen LogP contribution in [-0.4, -0.2) is 35.1 Å². The zero-order chi connectivity index (χ0) is 21.3. The molecule has 7 nitrogen and oxygen atoms in total. The molecule has 2 aromatic carbocycles. The minimum atomic E-state index is -4.05. The van der Waals surface area contributed by atoms with Crippen LogP contribution in [0.1, 0.15) is 19.4 Å². The third-order valence-corrected chi connectivity index (χ3v) is 7.23. The van der Waals surface area contributed by atoms with Crippen LogP contribution >= 0.6 is 15.9 Å². The number of anilines is 2. The van der Waals surface area contributed by atoms with Crippen LogP contribution in [0.25, 0.3) is 5.57 Å². The molecule has 29 heavy (non-hydrogen) atoms. The van der Waals surface area contributed by atoms with Crippen molar-refractivity contribution < 1.29 is 22.7 Å². The smallest absolute Gasteiger partial charge is 0.270 e.